The lowest BCUT2D eigenvalue weighted by molar-refractivity contribution is -0.167. The number of rotatable bonds is 51. The highest BCUT2D eigenvalue weighted by Crippen LogP contribution is 2.19. The molecule has 0 saturated carbocycles. The van der Waals surface area contributed by atoms with Crippen LogP contribution in [0.4, 0.5) is 0 Å². The average molecular weight is 906 g/mol. The topological polar surface area (TPSA) is 78.9 Å². The number of hydrogen-bond donors (Lipinski definition) is 0. The van der Waals surface area contributed by atoms with E-state index in [1.807, 2.05) is 0 Å². The Hall–Kier alpha value is -1.59. The Morgan fingerprint density at radius 3 is 0.812 bits per heavy atom. The Kier molecular flexibility index (Phi) is 48.1. The molecule has 0 fully saturated rings. The lowest BCUT2D eigenvalue weighted by atomic mass is 9.99. The van der Waals surface area contributed by atoms with E-state index in [0.29, 0.717) is 19.3 Å². The highest BCUT2D eigenvalue weighted by Gasteiger charge is 2.19. The molecular formula is C58H112O6. The first-order valence-corrected chi connectivity index (χ1v) is 28.6. The molecule has 2 atom stereocenters. The molecule has 0 aromatic heterocycles. The second-order valence-corrected chi connectivity index (χ2v) is 21.1. The van der Waals surface area contributed by atoms with E-state index in [-0.39, 0.29) is 31.1 Å². The highest BCUT2D eigenvalue weighted by molar-refractivity contribution is 5.71. The summed E-state index contributed by atoms with van der Waals surface area (Å²) in [7, 11) is 0. The summed E-state index contributed by atoms with van der Waals surface area (Å²) in [6.07, 6.45) is 50.9. The first kappa shape index (κ1) is 62.4. The Morgan fingerprint density at radius 1 is 0.312 bits per heavy atom. The van der Waals surface area contributed by atoms with E-state index in [2.05, 4.69) is 41.5 Å². The quantitative estimate of drug-likeness (QED) is 0.0344. The van der Waals surface area contributed by atoms with Gasteiger partial charge in [-0.25, -0.2) is 0 Å². The van der Waals surface area contributed by atoms with Crippen LogP contribution in [0.3, 0.4) is 0 Å². The van der Waals surface area contributed by atoms with E-state index in [1.165, 1.54) is 199 Å². The monoisotopic (exact) mass is 905 g/mol. The Bertz CT molecular complexity index is 993. The number of carbonyl (C=O) groups is 3. The summed E-state index contributed by atoms with van der Waals surface area (Å²) in [4.78, 5) is 38.1. The maximum atomic E-state index is 12.8. The van der Waals surface area contributed by atoms with Gasteiger partial charge in [-0.1, -0.05) is 279 Å². The van der Waals surface area contributed by atoms with Crippen molar-refractivity contribution in [3.63, 3.8) is 0 Å². The first-order valence-electron chi connectivity index (χ1n) is 28.6. The van der Waals surface area contributed by atoms with Crippen LogP contribution in [0.2, 0.25) is 0 Å². The van der Waals surface area contributed by atoms with E-state index in [0.717, 1.165) is 75.5 Å². The van der Waals surface area contributed by atoms with Crippen molar-refractivity contribution in [2.24, 2.45) is 17.8 Å². The average Bonchev–Trinajstić information content (AvgIpc) is 3.27. The molecule has 6 nitrogen and oxygen atoms in total. The van der Waals surface area contributed by atoms with Gasteiger partial charge in [0, 0.05) is 19.3 Å². The highest BCUT2D eigenvalue weighted by atomic mass is 16.6. The van der Waals surface area contributed by atoms with Gasteiger partial charge in [0.05, 0.1) is 0 Å². The van der Waals surface area contributed by atoms with Crippen molar-refractivity contribution in [3.8, 4) is 0 Å². The van der Waals surface area contributed by atoms with E-state index in [9.17, 15) is 14.4 Å². The summed E-state index contributed by atoms with van der Waals surface area (Å²) >= 11 is 0. The number of carbonyl (C=O) groups excluding carboxylic acids is 3. The van der Waals surface area contributed by atoms with Crippen molar-refractivity contribution >= 4 is 17.9 Å². The van der Waals surface area contributed by atoms with Crippen LogP contribution in [0.25, 0.3) is 0 Å². The molecule has 0 bridgehead atoms. The first-order chi connectivity index (χ1) is 31.1. The Balaban J connectivity index is 4.28. The minimum atomic E-state index is -0.763. The number of unbranched alkanes of at least 4 members (excludes halogenated alkanes) is 33. The number of esters is 3. The zero-order valence-corrected chi connectivity index (χ0v) is 44.1. The molecule has 0 aromatic carbocycles. The van der Waals surface area contributed by atoms with Gasteiger partial charge in [-0.05, 0) is 37.0 Å². The molecule has 0 aliphatic rings. The van der Waals surface area contributed by atoms with Crippen molar-refractivity contribution in [2.45, 2.75) is 324 Å². The van der Waals surface area contributed by atoms with Crippen molar-refractivity contribution in [2.75, 3.05) is 13.2 Å². The van der Waals surface area contributed by atoms with Crippen molar-refractivity contribution in [1.82, 2.24) is 0 Å². The molecule has 0 rings (SSSR count). The largest absolute Gasteiger partial charge is 0.462 e. The van der Waals surface area contributed by atoms with Crippen LogP contribution in [-0.4, -0.2) is 37.2 Å². The van der Waals surface area contributed by atoms with Gasteiger partial charge in [0.1, 0.15) is 13.2 Å². The molecule has 6 heteroatoms. The molecular weight excluding hydrogens is 793 g/mol. The normalized spacial score (nSPS) is 12.6. The molecule has 0 aliphatic heterocycles. The molecule has 0 amide bonds. The van der Waals surface area contributed by atoms with Gasteiger partial charge in [-0.15, -0.1) is 0 Å². The van der Waals surface area contributed by atoms with Crippen molar-refractivity contribution in [3.05, 3.63) is 0 Å². The molecule has 0 saturated heterocycles. The van der Waals surface area contributed by atoms with E-state index in [4.69, 9.17) is 14.2 Å². The fourth-order valence-electron chi connectivity index (χ4n) is 8.79. The molecule has 0 spiro atoms. The lowest BCUT2D eigenvalue weighted by Crippen LogP contribution is -2.30. The second-order valence-electron chi connectivity index (χ2n) is 21.1. The Morgan fingerprint density at radius 2 is 0.547 bits per heavy atom. The van der Waals surface area contributed by atoms with Crippen molar-refractivity contribution in [1.29, 1.82) is 0 Å². The maximum Gasteiger partial charge on any atom is 0.306 e. The molecule has 0 aromatic rings. The molecule has 0 N–H and O–H groups in total. The zero-order valence-electron chi connectivity index (χ0n) is 44.1. The molecule has 0 aliphatic carbocycles. The molecule has 64 heavy (non-hydrogen) atoms. The predicted octanol–water partition coefficient (Wildman–Crippen LogP) is 18.7. The van der Waals surface area contributed by atoms with Gasteiger partial charge < -0.3 is 14.2 Å². The zero-order chi connectivity index (χ0) is 47.0. The van der Waals surface area contributed by atoms with E-state index >= 15 is 0 Å². The van der Waals surface area contributed by atoms with E-state index < -0.39 is 6.10 Å². The van der Waals surface area contributed by atoms with Crippen LogP contribution in [0.5, 0.6) is 0 Å². The van der Waals surface area contributed by atoms with Crippen LogP contribution in [0.1, 0.15) is 318 Å². The van der Waals surface area contributed by atoms with Gasteiger partial charge in [0.25, 0.3) is 0 Å². The third-order valence-corrected chi connectivity index (χ3v) is 13.5. The summed E-state index contributed by atoms with van der Waals surface area (Å²) in [6, 6.07) is 0. The number of ether oxygens (including phenoxy) is 3. The van der Waals surface area contributed by atoms with Crippen LogP contribution in [0, 0.1) is 17.8 Å². The van der Waals surface area contributed by atoms with Gasteiger partial charge in [0.2, 0.25) is 0 Å². The summed E-state index contributed by atoms with van der Waals surface area (Å²) in [5.41, 5.74) is 0. The number of hydrogen-bond acceptors (Lipinski definition) is 6. The minimum Gasteiger partial charge on any atom is -0.462 e. The molecule has 380 valence electrons. The van der Waals surface area contributed by atoms with E-state index in [1.54, 1.807) is 0 Å². The summed E-state index contributed by atoms with van der Waals surface area (Å²) in [5, 5.41) is 0. The fraction of sp³-hybridized carbons (Fsp3) is 0.948. The smallest absolute Gasteiger partial charge is 0.306 e. The molecule has 1 unspecified atom stereocenters. The summed E-state index contributed by atoms with van der Waals surface area (Å²) in [5.74, 6) is 1.70. The SMILES string of the molecule is CCC(C)CCCCCCCCCCCCCCCCC(=O)OC[C@@H](COC(=O)CCCCCCCCCCCCCCCC(C)C)OC(=O)CCCCCCCCCCCC(C)C. The van der Waals surface area contributed by atoms with Gasteiger partial charge >= 0.3 is 17.9 Å². The fourth-order valence-corrected chi connectivity index (χ4v) is 8.79. The second kappa shape index (κ2) is 49.3. The van der Waals surface area contributed by atoms with Crippen LogP contribution in [0.15, 0.2) is 0 Å². The third-order valence-electron chi connectivity index (χ3n) is 13.5. The van der Waals surface area contributed by atoms with Gasteiger partial charge in [-0.2, -0.15) is 0 Å². The lowest BCUT2D eigenvalue weighted by Gasteiger charge is -2.18. The maximum absolute atomic E-state index is 12.8. The predicted molar refractivity (Wildman–Crippen MR) is 275 cm³/mol. The van der Waals surface area contributed by atoms with Gasteiger partial charge in [-0.3, -0.25) is 14.4 Å². The van der Waals surface area contributed by atoms with Crippen LogP contribution >= 0.6 is 0 Å². The van der Waals surface area contributed by atoms with Gasteiger partial charge in [0.15, 0.2) is 6.10 Å². The van der Waals surface area contributed by atoms with Crippen molar-refractivity contribution < 1.29 is 28.6 Å². The third kappa shape index (κ3) is 49.8. The summed E-state index contributed by atoms with van der Waals surface area (Å²) in [6.45, 7) is 13.8. The van der Waals surface area contributed by atoms with Crippen LogP contribution < -0.4 is 0 Å². The molecule has 0 heterocycles. The molecule has 0 radical (unpaired) electrons. The van der Waals surface area contributed by atoms with Crippen LogP contribution in [-0.2, 0) is 28.6 Å². The standard InChI is InChI=1S/C58H112O6/c1-7-54(6)46-40-34-28-22-16-12-8-9-13-17-23-29-35-41-47-56(59)62-50-55(64-58(61)49-43-37-31-25-19-21-27-33-39-45-53(4)5)51-63-57(60)48-42-36-30-24-18-14-10-11-15-20-26-32-38-44-52(2)3/h52-55H,7-51H2,1-6H3/t54?,55-/m0/s1. The summed E-state index contributed by atoms with van der Waals surface area (Å²) < 4.78 is 16.9. The Labute approximate surface area is 399 Å². The minimum absolute atomic E-state index is 0.0639.